The molecule has 0 radical (unpaired) electrons. The summed E-state index contributed by atoms with van der Waals surface area (Å²) in [5, 5.41) is 17.3. The fourth-order valence-corrected chi connectivity index (χ4v) is 18.0. The number of halogens is 13. The number of rotatable bonds is 31. The largest absolute Gasteiger partial charge is 1.00 e. The number of carboxylic acids is 1. The molecule has 3 unspecified atom stereocenters. The molecule has 6 N–H and O–H groups in total. The van der Waals surface area contributed by atoms with E-state index in [2.05, 4.69) is 85.0 Å². The Morgan fingerprint density at radius 2 is 0.757 bits per heavy atom. The Morgan fingerprint density at radius 3 is 1.06 bits per heavy atom. The maximum atomic E-state index is 14.2. The summed E-state index contributed by atoms with van der Waals surface area (Å²) in [5.74, 6) is -0.757. The van der Waals surface area contributed by atoms with Crippen molar-refractivity contribution in [1.82, 2.24) is 4.90 Å². The van der Waals surface area contributed by atoms with Crippen LogP contribution in [0.15, 0.2) is 164 Å². The molecule has 40 heteroatoms. The van der Waals surface area contributed by atoms with Crippen LogP contribution in [0.4, 0.5) is 73.6 Å². The van der Waals surface area contributed by atoms with Crippen LogP contribution in [-0.4, -0.2) is 164 Å². The zero-order valence-corrected chi connectivity index (χ0v) is 83.1. The molecule has 0 aromatic heterocycles. The molecule has 9 aromatic rings. The molecule has 3 saturated carbocycles. The summed E-state index contributed by atoms with van der Waals surface area (Å²) < 4.78 is 170. The van der Waals surface area contributed by atoms with E-state index in [1.807, 2.05) is 20.8 Å². The summed E-state index contributed by atoms with van der Waals surface area (Å²) in [6.07, 6.45) is -10.9. The van der Waals surface area contributed by atoms with Gasteiger partial charge >= 0.3 is 55.9 Å². The summed E-state index contributed by atoms with van der Waals surface area (Å²) in [6.45, 7) is 19.8. The van der Waals surface area contributed by atoms with Gasteiger partial charge in [0.15, 0.2) is 0 Å². The van der Waals surface area contributed by atoms with E-state index in [0.29, 0.717) is 159 Å². The second kappa shape index (κ2) is 49.4. The molecule has 9 atom stereocenters. The smallest absolute Gasteiger partial charge is 0.870 e. The van der Waals surface area contributed by atoms with Crippen molar-refractivity contribution >= 4 is 120 Å². The molecule has 15 rings (SSSR count). The first-order valence-electron chi connectivity index (χ1n) is 44.2. The molecule has 3 amide bonds. The van der Waals surface area contributed by atoms with Crippen molar-refractivity contribution in [3.05, 3.63) is 229 Å². The number of alkyl halides is 10. The SMILES string of the molecule is CCN(C(C)C)C(C)C.COC(=O)[C@@H]1C[C@H]1COc1cc(N)cc(OC)c1.COC(=O)[C@@H]1C[C@H]1COc1cc(NC(C(=O)N2CCc3ccc(OC(F)(F)F)cc32)c2ccc(Cl)cc2C)cc(OC)c1.COc1cc(NC(C(=O)N2CCc3ccc(OC(F)(F)F)cc32)c2ccc(Cl)cc2C)cc(OC[C@@H]2C[C@H]2C(=O)O)c1.Cc1cc(Cl)ccc1C(Br)C(=O)N1CCc2ccc(OC(F)(F)F)cc21.[HH].[HH].[Li+].[OH-]. The Morgan fingerprint density at radius 1 is 0.450 bits per heavy atom. The molecule has 0 saturated heterocycles. The number of aryl methyl sites for hydroxylation is 3. The van der Waals surface area contributed by atoms with Gasteiger partial charge in [0.25, 0.3) is 11.8 Å². The molecule has 0 bridgehead atoms. The number of esters is 2. The third-order valence-corrected chi connectivity index (χ3v) is 25.4. The van der Waals surface area contributed by atoms with Crippen molar-refractivity contribution in [1.29, 1.82) is 0 Å². The van der Waals surface area contributed by atoms with Crippen LogP contribution < -0.4 is 92.6 Å². The zero-order chi connectivity index (χ0) is 101. The molecule has 26 nitrogen and oxygen atoms in total. The topological polar surface area (TPSA) is 317 Å². The van der Waals surface area contributed by atoms with E-state index in [1.54, 1.807) is 122 Å². The Labute approximate surface area is 843 Å². The molecule has 9 aromatic carbocycles. The van der Waals surface area contributed by atoms with Crippen LogP contribution in [0.1, 0.15) is 124 Å². The summed E-state index contributed by atoms with van der Waals surface area (Å²) in [4.78, 5) is 81.7. The molecule has 3 fully saturated rings. The second-order valence-corrected chi connectivity index (χ2v) is 36.4. The van der Waals surface area contributed by atoms with Crippen LogP contribution in [-0.2, 0) is 57.5 Å². The maximum absolute atomic E-state index is 14.2. The molecule has 140 heavy (non-hydrogen) atoms. The molecule has 6 aliphatic rings. The van der Waals surface area contributed by atoms with E-state index in [-0.39, 0.29) is 106 Å². The zero-order valence-electron chi connectivity index (χ0n) is 79.2. The number of hydrogen-bond donors (Lipinski definition) is 4. The predicted octanol–water partition coefficient (Wildman–Crippen LogP) is 19.4. The Bertz CT molecular complexity index is 5860. The number of ether oxygens (including phenoxy) is 11. The standard InChI is InChI=1S/C31H30ClF3N2O6.C30H28ClF3N2O6.C18H14BrClF3NO2.C13H17NO4.C8H19N.Li.H2O.2H2/c1-17-10-20(32)5-7-25(17)28(29(38)37-9-8-18-4-6-22(15-27(18)37)43-31(33,34)35)36-21-12-23(40-2)14-24(13-21)42-16-19-11-26(19)30(39)41-3;1-16-9-19(31)4-6-24(16)27(28(37)36-8-7-17-3-5-21(14-26(17)36)42-30(32,33)34)35-20-11-22(40-2)13-23(12-20)41-15-18-10-25(18)29(38)39;1-10-8-12(20)3-5-14(10)16(19)17(25)24-7-6-11-2-4-13(9-15(11)24)26-18(21,22)23;1-16-10-4-9(14)5-11(6-10)18-7-8-3-12(8)13(15)17-2;1-6-9(7(2)3)8(4)5;;;;/h4-7,10,12-15,19,26,28,36H,8-9,11,16H2,1-3H3;3-6,9,11-14,18,25,27,35H,7-8,10,15H2,1-2H3,(H,38,39);2-5,8-9,16H,6-7H2,1H3;4-6,8,12H,3,7,14H2,1-2H3;7-8H,6H2,1-5H3;;1H2;2*1H/q;;;;;+1;;;/p-1/t19-,26+,28?;18-,25+,27?;;8-,12+;;;;;/m00.0...../s1. The minimum atomic E-state index is -4.87. The Kier molecular flexibility index (Phi) is 39.6. The number of benzene rings is 9. The number of carbonyl (C=O) groups is 6. The van der Waals surface area contributed by atoms with Gasteiger partial charge in [-0.2, -0.15) is 0 Å². The van der Waals surface area contributed by atoms with E-state index >= 15 is 0 Å². The first kappa shape index (κ1) is 112. The van der Waals surface area contributed by atoms with Gasteiger partial charge in [-0.1, -0.05) is 94.1 Å². The number of hydrogen-bond acceptors (Lipinski definition) is 22. The Balaban J connectivity index is 0.000000257. The summed E-state index contributed by atoms with van der Waals surface area (Å²) in [7, 11) is 7.32. The molecule has 754 valence electrons. The van der Waals surface area contributed by atoms with Crippen LogP contribution in [0.3, 0.4) is 0 Å². The van der Waals surface area contributed by atoms with Crippen LogP contribution in [0, 0.1) is 56.3 Å². The minimum absolute atomic E-state index is 0. The van der Waals surface area contributed by atoms with Gasteiger partial charge in [0.2, 0.25) is 5.91 Å². The predicted molar refractivity (Wildman–Crippen MR) is 516 cm³/mol. The fraction of sp³-hybridized carbons (Fsp3) is 0.400. The number of carboxylic acid groups (broad SMARTS) is 1. The number of aliphatic carboxylic acids is 1. The first-order valence-corrected chi connectivity index (χ1v) is 46.2. The maximum Gasteiger partial charge on any atom is 1.00 e. The van der Waals surface area contributed by atoms with Crippen molar-refractivity contribution in [2.75, 3.05) is 113 Å². The molecule has 3 aliphatic heterocycles. The number of methoxy groups -OCH3 is 5. The van der Waals surface area contributed by atoms with Crippen molar-refractivity contribution in [3.8, 4) is 51.7 Å². The quantitative estimate of drug-likeness (QED) is 0.0103. The fourth-order valence-electron chi connectivity index (χ4n) is 16.6. The molecule has 3 heterocycles. The van der Waals surface area contributed by atoms with Gasteiger partial charge in [0.1, 0.15) is 68.7 Å². The van der Waals surface area contributed by atoms with E-state index < -0.39 is 65.3 Å². The van der Waals surface area contributed by atoms with E-state index in [1.165, 1.54) is 91.7 Å². The number of nitrogens with one attached hydrogen (secondary N) is 2. The third kappa shape index (κ3) is 31.1. The number of amides is 3. The number of nitrogen functional groups attached to an aromatic ring is 1. The van der Waals surface area contributed by atoms with Gasteiger partial charge < -0.3 is 93.8 Å². The summed E-state index contributed by atoms with van der Waals surface area (Å²) >= 11 is 21.8. The van der Waals surface area contributed by atoms with Gasteiger partial charge in [0.05, 0.1) is 90.2 Å². The Hall–Kier alpha value is -11.4. The normalized spacial score (nSPS) is 17.2. The van der Waals surface area contributed by atoms with Crippen molar-refractivity contribution in [2.45, 2.75) is 142 Å². The van der Waals surface area contributed by atoms with Crippen molar-refractivity contribution < 1.29 is 153 Å². The van der Waals surface area contributed by atoms with Gasteiger partial charge in [0, 0.05) is 157 Å². The number of fused-ring (bicyclic) bond motifs is 3. The molecular formula is C100H113BrCl3F9LiN7O19. The van der Waals surface area contributed by atoms with Crippen LogP contribution in [0.2, 0.25) is 15.1 Å². The second-order valence-electron chi connectivity index (χ2n) is 34.1. The number of carbonyl (C=O) groups excluding carboxylic acids is 5. The van der Waals surface area contributed by atoms with E-state index in [4.69, 9.17) is 73.7 Å². The van der Waals surface area contributed by atoms with E-state index in [9.17, 15) is 73.4 Å². The van der Waals surface area contributed by atoms with Gasteiger partial charge in [-0.25, -0.2) is 0 Å². The van der Waals surface area contributed by atoms with Crippen molar-refractivity contribution in [2.24, 2.45) is 35.5 Å². The first-order chi connectivity index (χ1) is 65.2. The van der Waals surface area contributed by atoms with Crippen LogP contribution in [0.5, 0.6) is 51.7 Å². The number of anilines is 6. The average Bonchev–Trinajstić information content (AvgIpc) is 1.61. The number of nitrogens with zero attached hydrogens (tertiary/aromatic N) is 4. The monoisotopic (exact) mass is 2080 g/mol. The average molecular weight is 2080 g/mol. The van der Waals surface area contributed by atoms with Crippen molar-refractivity contribution in [3.63, 3.8) is 0 Å². The molecule has 3 aliphatic carbocycles. The number of nitrogens with two attached hydrogens (primary N) is 1. The summed E-state index contributed by atoms with van der Waals surface area (Å²) in [6, 6.07) is 42.4. The van der Waals surface area contributed by atoms with E-state index in [0.717, 1.165) is 51.9 Å². The minimum Gasteiger partial charge on any atom is -0.870 e. The molecular weight excluding hydrogens is 1970 g/mol. The van der Waals surface area contributed by atoms with Crippen LogP contribution >= 0.6 is 50.7 Å². The van der Waals surface area contributed by atoms with Crippen LogP contribution in [0.25, 0.3) is 0 Å². The van der Waals surface area contributed by atoms with Gasteiger partial charge in [-0.3, -0.25) is 33.7 Å². The van der Waals surface area contributed by atoms with Gasteiger partial charge in [-0.15, -0.1) is 39.5 Å². The third-order valence-electron chi connectivity index (χ3n) is 23.8. The molecule has 0 spiro atoms. The van der Waals surface area contributed by atoms with Gasteiger partial charge in [-0.05, 0) is 198 Å². The summed E-state index contributed by atoms with van der Waals surface area (Å²) in [5.41, 5.74) is 15.0.